The van der Waals surface area contributed by atoms with E-state index < -0.39 is 22.5 Å². The largest absolute Gasteiger partial charge is 0.494 e. The van der Waals surface area contributed by atoms with E-state index in [1.54, 1.807) is 60.7 Å². The minimum absolute atomic E-state index is 0.0623. The van der Waals surface area contributed by atoms with Crippen molar-refractivity contribution in [3.05, 3.63) is 106 Å². The van der Waals surface area contributed by atoms with Crippen LogP contribution in [0.2, 0.25) is 10.0 Å². The standard InChI is InChI=1S/C29H28Cl2N4O4S/c1-4-39-25-13-11-24(12-14-25)34(40(37,38)26-8-6-5-7-9-26)19-29(36)33-32-18-22-16-20(2)35(21(22)3)28-17-23(30)10-15-27(28)31/h5-18H,4,19H2,1-3H3,(H,33,36)/b32-18-. The molecule has 0 spiro atoms. The van der Waals surface area contributed by atoms with Crippen molar-refractivity contribution in [3.8, 4) is 11.4 Å². The summed E-state index contributed by atoms with van der Waals surface area (Å²) in [6.07, 6.45) is 1.50. The zero-order valence-corrected chi connectivity index (χ0v) is 24.5. The zero-order valence-electron chi connectivity index (χ0n) is 22.1. The van der Waals surface area contributed by atoms with Gasteiger partial charge < -0.3 is 9.30 Å². The second-order valence-corrected chi connectivity index (χ2v) is 11.5. The molecule has 208 valence electrons. The molecule has 1 N–H and O–H groups in total. The molecule has 1 amide bonds. The van der Waals surface area contributed by atoms with Crippen LogP contribution in [0.15, 0.2) is 88.9 Å². The fourth-order valence-electron chi connectivity index (χ4n) is 4.20. The minimum atomic E-state index is -4.05. The average Bonchev–Trinajstić information content (AvgIpc) is 3.22. The molecule has 3 aromatic carbocycles. The fraction of sp³-hybridized carbons (Fsp3) is 0.172. The first kappa shape index (κ1) is 29.2. The van der Waals surface area contributed by atoms with Crippen LogP contribution in [0.1, 0.15) is 23.9 Å². The van der Waals surface area contributed by atoms with Crippen molar-refractivity contribution in [2.24, 2.45) is 5.10 Å². The normalized spacial score (nSPS) is 11.5. The molecule has 0 atom stereocenters. The average molecular weight is 600 g/mol. The summed E-state index contributed by atoms with van der Waals surface area (Å²) in [4.78, 5) is 13.0. The number of rotatable bonds is 10. The third kappa shape index (κ3) is 6.50. The van der Waals surface area contributed by atoms with Crippen molar-refractivity contribution < 1.29 is 17.9 Å². The Hall–Kier alpha value is -3.79. The van der Waals surface area contributed by atoms with Crippen molar-refractivity contribution in [1.29, 1.82) is 0 Å². The third-order valence-corrected chi connectivity index (χ3v) is 8.41. The molecule has 11 heteroatoms. The van der Waals surface area contributed by atoms with Gasteiger partial charge >= 0.3 is 0 Å². The molecule has 40 heavy (non-hydrogen) atoms. The molecule has 0 radical (unpaired) electrons. The number of hydrogen-bond donors (Lipinski definition) is 1. The van der Waals surface area contributed by atoms with Gasteiger partial charge in [0.1, 0.15) is 12.3 Å². The van der Waals surface area contributed by atoms with Crippen LogP contribution in [0.3, 0.4) is 0 Å². The summed E-state index contributed by atoms with van der Waals surface area (Å²) in [5.41, 5.74) is 5.96. The highest BCUT2D eigenvalue weighted by molar-refractivity contribution is 7.92. The van der Waals surface area contributed by atoms with Crippen LogP contribution >= 0.6 is 23.2 Å². The van der Waals surface area contributed by atoms with Crippen LogP contribution in [0, 0.1) is 13.8 Å². The van der Waals surface area contributed by atoms with Gasteiger partial charge in [-0.2, -0.15) is 5.10 Å². The van der Waals surface area contributed by atoms with E-state index in [0.29, 0.717) is 28.1 Å². The highest BCUT2D eigenvalue weighted by atomic mass is 35.5. The lowest BCUT2D eigenvalue weighted by Gasteiger charge is -2.24. The van der Waals surface area contributed by atoms with Gasteiger partial charge in [0.25, 0.3) is 15.9 Å². The summed E-state index contributed by atoms with van der Waals surface area (Å²) in [5.74, 6) is -0.0228. The second kappa shape index (κ2) is 12.6. The van der Waals surface area contributed by atoms with Gasteiger partial charge in [-0.1, -0.05) is 41.4 Å². The number of hydrazone groups is 1. The molecule has 1 aromatic heterocycles. The van der Waals surface area contributed by atoms with Crippen LogP contribution in [0.5, 0.6) is 5.75 Å². The van der Waals surface area contributed by atoms with Gasteiger partial charge in [0.05, 0.1) is 34.1 Å². The number of nitrogens with one attached hydrogen (secondary N) is 1. The number of amides is 1. The van der Waals surface area contributed by atoms with Crippen molar-refractivity contribution in [2.45, 2.75) is 25.7 Å². The lowest BCUT2D eigenvalue weighted by Crippen LogP contribution is -2.39. The maximum atomic E-state index is 13.5. The number of halogens is 2. The molecule has 1 heterocycles. The Morgan fingerprint density at radius 2 is 1.73 bits per heavy atom. The molecule has 0 bridgehead atoms. The first-order valence-electron chi connectivity index (χ1n) is 12.4. The molecule has 0 aliphatic carbocycles. The van der Waals surface area contributed by atoms with Crippen molar-refractivity contribution in [3.63, 3.8) is 0 Å². The molecule has 0 saturated carbocycles. The highest BCUT2D eigenvalue weighted by Crippen LogP contribution is 2.29. The molecule has 4 rings (SSSR count). The van der Waals surface area contributed by atoms with Gasteiger partial charge in [-0.15, -0.1) is 0 Å². The quantitative estimate of drug-likeness (QED) is 0.175. The molecular formula is C29H28Cl2N4O4S. The topological polar surface area (TPSA) is 93.0 Å². The van der Waals surface area contributed by atoms with Gasteiger partial charge in [0, 0.05) is 22.0 Å². The maximum Gasteiger partial charge on any atom is 0.264 e. The number of carbonyl (C=O) groups excluding carboxylic acids is 1. The van der Waals surface area contributed by atoms with E-state index in [1.165, 1.54) is 18.3 Å². The van der Waals surface area contributed by atoms with E-state index in [4.69, 9.17) is 27.9 Å². The molecule has 0 aliphatic heterocycles. The Balaban J connectivity index is 1.56. The van der Waals surface area contributed by atoms with Crippen molar-refractivity contribution >= 4 is 51.0 Å². The van der Waals surface area contributed by atoms with Crippen LogP contribution < -0.4 is 14.5 Å². The maximum absolute atomic E-state index is 13.5. The Morgan fingerprint density at radius 3 is 2.40 bits per heavy atom. The summed E-state index contributed by atoms with van der Waals surface area (Å²) in [6.45, 7) is 5.66. The molecule has 8 nitrogen and oxygen atoms in total. The predicted octanol–water partition coefficient (Wildman–Crippen LogP) is 6.15. The van der Waals surface area contributed by atoms with Crippen molar-refractivity contribution in [1.82, 2.24) is 9.99 Å². The van der Waals surface area contributed by atoms with E-state index in [0.717, 1.165) is 26.9 Å². The van der Waals surface area contributed by atoms with Gasteiger partial charge in [-0.25, -0.2) is 13.8 Å². The Bertz CT molecular complexity index is 1640. The molecule has 0 unspecified atom stereocenters. The van der Waals surface area contributed by atoms with E-state index in [-0.39, 0.29) is 4.90 Å². The summed E-state index contributed by atoms with van der Waals surface area (Å²) in [5, 5.41) is 5.18. The van der Waals surface area contributed by atoms with Crippen LogP contribution in [0.25, 0.3) is 5.69 Å². The first-order chi connectivity index (χ1) is 19.1. The van der Waals surface area contributed by atoms with E-state index in [1.807, 2.05) is 31.4 Å². The minimum Gasteiger partial charge on any atom is -0.494 e. The van der Waals surface area contributed by atoms with Gasteiger partial charge in [0.2, 0.25) is 0 Å². The summed E-state index contributed by atoms with van der Waals surface area (Å²) in [6, 6.07) is 21.6. The number of benzene rings is 3. The number of anilines is 1. The molecule has 4 aromatic rings. The molecule has 0 fully saturated rings. The molecular weight excluding hydrogens is 571 g/mol. The number of nitrogens with zero attached hydrogens (tertiary/aromatic N) is 3. The van der Waals surface area contributed by atoms with Crippen LogP contribution in [0.4, 0.5) is 5.69 Å². The molecule has 0 saturated heterocycles. The number of carbonyl (C=O) groups is 1. The third-order valence-electron chi connectivity index (χ3n) is 6.07. The number of aryl methyl sites for hydroxylation is 1. The van der Waals surface area contributed by atoms with E-state index in [2.05, 4.69) is 10.5 Å². The summed E-state index contributed by atoms with van der Waals surface area (Å²) >= 11 is 12.6. The van der Waals surface area contributed by atoms with Gasteiger partial charge in [0.15, 0.2) is 0 Å². The Labute approximate surface area is 243 Å². The molecule has 0 aliphatic rings. The second-order valence-electron chi connectivity index (χ2n) is 8.80. The van der Waals surface area contributed by atoms with Gasteiger partial charge in [-0.05, 0) is 81.4 Å². The number of hydrogen-bond acceptors (Lipinski definition) is 5. The summed E-state index contributed by atoms with van der Waals surface area (Å²) in [7, 11) is -4.05. The number of sulfonamides is 1. The Morgan fingerprint density at radius 1 is 1.02 bits per heavy atom. The zero-order chi connectivity index (χ0) is 28.9. The monoisotopic (exact) mass is 598 g/mol. The van der Waals surface area contributed by atoms with Crippen LogP contribution in [-0.4, -0.2) is 38.3 Å². The highest BCUT2D eigenvalue weighted by Gasteiger charge is 2.27. The smallest absolute Gasteiger partial charge is 0.264 e. The van der Waals surface area contributed by atoms with E-state index in [9.17, 15) is 13.2 Å². The summed E-state index contributed by atoms with van der Waals surface area (Å²) < 4.78 is 35.4. The predicted molar refractivity (Wildman–Crippen MR) is 160 cm³/mol. The van der Waals surface area contributed by atoms with Crippen LogP contribution in [-0.2, 0) is 14.8 Å². The Kier molecular flexibility index (Phi) is 9.19. The van der Waals surface area contributed by atoms with Crippen molar-refractivity contribution in [2.75, 3.05) is 17.5 Å². The number of aromatic nitrogens is 1. The first-order valence-corrected chi connectivity index (χ1v) is 14.6. The van der Waals surface area contributed by atoms with Gasteiger partial charge in [-0.3, -0.25) is 9.10 Å². The lowest BCUT2D eigenvalue weighted by atomic mass is 10.2. The fourth-order valence-corrected chi connectivity index (χ4v) is 6.01. The SMILES string of the molecule is CCOc1ccc(N(CC(=O)N/N=C\c2cc(C)n(-c3cc(Cl)ccc3Cl)c2C)S(=O)(=O)c2ccccc2)cc1. The lowest BCUT2D eigenvalue weighted by molar-refractivity contribution is -0.119. The van der Waals surface area contributed by atoms with E-state index >= 15 is 0 Å². The number of ether oxygens (including phenoxy) is 1.